The second-order valence-electron chi connectivity index (χ2n) is 6.34. The molecule has 0 amide bonds. The summed E-state index contributed by atoms with van der Waals surface area (Å²) in [5, 5.41) is 3.80. The molecular formula is C19H31N. The fourth-order valence-corrected chi connectivity index (χ4v) is 3.76. The van der Waals surface area contributed by atoms with Crippen LogP contribution in [-0.4, -0.2) is 12.6 Å². The Morgan fingerprint density at radius 3 is 2.35 bits per heavy atom. The van der Waals surface area contributed by atoms with Crippen LogP contribution in [0.3, 0.4) is 0 Å². The molecule has 1 atom stereocenters. The van der Waals surface area contributed by atoms with Gasteiger partial charge >= 0.3 is 0 Å². The molecule has 1 nitrogen and oxygen atoms in total. The fraction of sp³-hybridized carbons (Fsp3) is 0.684. The van der Waals surface area contributed by atoms with Crippen molar-refractivity contribution in [1.29, 1.82) is 0 Å². The topological polar surface area (TPSA) is 12.0 Å². The normalized spacial score (nSPS) is 18.5. The van der Waals surface area contributed by atoms with E-state index in [2.05, 4.69) is 49.5 Å². The average Bonchev–Trinajstić information content (AvgIpc) is 2.43. The Hall–Kier alpha value is -0.820. The SMILES string of the molecule is CCCCCCC(NCC)C1(c2ccccc2)CCC1. The molecule has 2 rings (SSSR count). The molecule has 1 aliphatic carbocycles. The van der Waals surface area contributed by atoms with E-state index >= 15 is 0 Å². The molecule has 0 spiro atoms. The van der Waals surface area contributed by atoms with E-state index in [-0.39, 0.29) is 0 Å². The van der Waals surface area contributed by atoms with Crippen molar-refractivity contribution >= 4 is 0 Å². The van der Waals surface area contributed by atoms with Crippen molar-refractivity contribution in [3.05, 3.63) is 35.9 Å². The first-order valence-corrected chi connectivity index (χ1v) is 8.62. The predicted octanol–water partition coefficient (Wildman–Crippen LogP) is 5.06. The van der Waals surface area contributed by atoms with Crippen LogP contribution in [0.15, 0.2) is 30.3 Å². The largest absolute Gasteiger partial charge is 0.313 e. The van der Waals surface area contributed by atoms with Crippen LogP contribution in [-0.2, 0) is 5.41 Å². The van der Waals surface area contributed by atoms with E-state index in [1.165, 1.54) is 51.4 Å². The molecule has 1 aromatic carbocycles. The molecule has 1 aromatic rings. The lowest BCUT2D eigenvalue weighted by Gasteiger charge is -2.49. The Balaban J connectivity index is 2.05. The maximum Gasteiger partial charge on any atom is 0.0164 e. The summed E-state index contributed by atoms with van der Waals surface area (Å²) in [6.45, 7) is 5.63. The molecule has 1 N–H and O–H groups in total. The van der Waals surface area contributed by atoms with Gasteiger partial charge in [-0.15, -0.1) is 0 Å². The maximum absolute atomic E-state index is 3.80. The zero-order valence-corrected chi connectivity index (χ0v) is 13.3. The van der Waals surface area contributed by atoms with Gasteiger partial charge in [0.1, 0.15) is 0 Å². The molecule has 0 heterocycles. The van der Waals surface area contributed by atoms with Crippen molar-refractivity contribution in [2.45, 2.75) is 76.7 Å². The quantitative estimate of drug-likeness (QED) is 0.620. The van der Waals surface area contributed by atoms with Gasteiger partial charge in [0.15, 0.2) is 0 Å². The minimum atomic E-state index is 0.420. The van der Waals surface area contributed by atoms with Gasteiger partial charge in [0.2, 0.25) is 0 Å². The van der Waals surface area contributed by atoms with Crippen LogP contribution in [0, 0.1) is 0 Å². The van der Waals surface area contributed by atoms with Crippen molar-refractivity contribution in [2.75, 3.05) is 6.54 Å². The number of likely N-dealkylation sites (N-methyl/N-ethyl adjacent to an activating group) is 1. The van der Waals surface area contributed by atoms with Crippen molar-refractivity contribution in [1.82, 2.24) is 5.32 Å². The zero-order valence-electron chi connectivity index (χ0n) is 13.3. The number of nitrogens with one attached hydrogen (secondary N) is 1. The molecule has 1 heteroatoms. The summed E-state index contributed by atoms with van der Waals surface area (Å²) in [6.07, 6.45) is 10.9. The van der Waals surface area contributed by atoms with Gasteiger partial charge in [0, 0.05) is 11.5 Å². The molecule has 1 saturated carbocycles. The smallest absolute Gasteiger partial charge is 0.0164 e. The van der Waals surface area contributed by atoms with Crippen LogP contribution in [0.5, 0.6) is 0 Å². The summed E-state index contributed by atoms with van der Waals surface area (Å²) in [5.74, 6) is 0. The second-order valence-corrected chi connectivity index (χ2v) is 6.34. The minimum Gasteiger partial charge on any atom is -0.313 e. The monoisotopic (exact) mass is 273 g/mol. The van der Waals surface area contributed by atoms with E-state index in [0.29, 0.717) is 11.5 Å². The first-order chi connectivity index (χ1) is 9.83. The number of hydrogen-bond acceptors (Lipinski definition) is 1. The second kappa shape index (κ2) is 7.83. The van der Waals surface area contributed by atoms with Crippen LogP contribution >= 0.6 is 0 Å². The molecule has 1 aliphatic rings. The highest BCUT2D eigenvalue weighted by molar-refractivity contribution is 5.30. The van der Waals surface area contributed by atoms with Crippen molar-refractivity contribution in [3.63, 3.8) is 0 Å². The highest BCUT2D eigenvalue weighted by Gasteiger charge is 2.44. The van der Waals surface area contributed by atoms with E-state index in [1.54, 1.807) is 5.56 Å². The van der Waals surface area contributed by atoms with E-state index in [0.717, 1.165) is 6.54 Å². The molecular weight excluding hydrogens is 242 g/mol. The third-order valence-corrected chi connectivity index (χ3v) is 5.06. The van der Waals surface area contributed by atoms with Crippen LogP contribution in [0.1, 0.15) is 70.8 Å². The summed E-state index contributed by atoms with van der Waals surface area (Å²) in [4.78, 5) is 0. The fourth-order valence-electron chi connectivity index (χ4n) is 3.76. The van der Waals surface area contributed by atoms with Crippen LogP contribution in [0.2, 0.25) is 0 Å². The Morgan fingerprint density at radius 1 is 1.05 bits per heavy atom. The van der Waals surface area contributed by atoms with Gasteiger partial charge in [-0.2, -0.15) is 0 Å². The van der Waals surface area contributed by atoms with Gasteiger partial charge in [-0.1, -0.05) is 76.3 Å². The Bertz CT molecular complexity index is 367. The van der Waals surface area contributed by atoms with Crippen molar-refractivity contribution in [2.24, 2.45) is 0 Å². The maximum atomic E-state index is 3.80. The third-order valence-electron chi connectivity index (χ3n) is 5.06. The molecule has 0 saturated heterocycles. The molecule has 20 heavy (non-hydrogen) atoms. The number of rotatable bonds is 9. The summed E-state index contributed by atoms with van der Waals surface area (Å²) in [6, 6.07) is 11.9. The molecule has 0 aliphatic heterocycles. The van der Waals surface area contributed by atoms with E-state index in [1.807, 2.05) is 0 Å². The summed E-state index contributed by atoms with van der Waals surface area (Å²) in [7, 11) is 0. The van der Waals surface area contributed by atoms with Gasteiger partial charge in [0.25, 0.3) is 0 Å². The summed E-state index contributed by atoms with van der Waals surface area (Å²) < 4.78 is 0. The molecule has 1 fully saturated rings. The molecule has 0 aromatic heterocycles. The Labute approximate surface area is 125 Å². The molecule has 0 radical (unpaired) electrons. The Morgan fingerprint density at radius 2 is 1.80 bits per heavy atom. The standard InChI is InChI=1S/C19H31N/c1-3-5-6-10-14-18(20-4-2)19(15-11-16-19)17-12-8-7-9-13-17/h7-9,12-13,18,20H,3-6,10-11,14-16H2,1-2H3. The van der Waals surface area contributed by atoms with Gasteiger partial charge < -0.3 is 5.32 Å². The number of benzene rings is 1. The predicted molar refractivity (Wildman–Crippen MR) is 88.2 cm³/mol. The zero-order chi connectivity index (χ0) is 14.3. The van der Waals surface area contributed by atoms with Crippen LogP contribution < -0.4 is 5.32 Å². The summed E-state index contributed by atoms with van der Waals surface area (Å²) >= 11 is 0. The van der Waals surface area contributed by atoms with Gasteiger partial charge in [0.05, 0.1) is 0 Å². The molecule has 0 bridgehead atoms. The van der Waals surface area contributed by atoms with Crippen molar-refractivity contribution in [3.8, 4) is 0 Å². The highest BCUT2D eigenvalue weighted by Crippen LogP contribution is 2.47. The first kappa shape index (κ1) is 15.6. The summed E-state index contributed by atoms with van der Waals surface area (Å²) in [5.41, 5.74) is 1.98. The third kappa shape index (κ3) is 3.44. The van der Waals surface area contributed by atoms with Gasteiger partial charge in [-0.05, 0) is 31.4 Å². The van der Waals surface area contributed by atoms with Gasteiger partial charge in [-0.25, -0.2) is 0 Å². The minimum absolute atomic E-state index is 0.420. The molecule has 112 valence electrons. The molecule has 1 unspecified atom stereocenters. The Kier molecular flexibility index (Phi) is 6.09. The lowest BCUT2D eigenvalue weighted by atomic mass is 9.59. The highest BCUT2D eigenvalue weighted by atomic mass is 14.9. The van der Waals surface area contributed by atoms with E-state index in [4.69, 9.17) is 0 Å². The number of hydrogen-bond donors (Lipinski definition) is 1. The lowest BCUT2D eigenvalue weighted by Crippen LogP contribution is -2.52. The van der Waals surface area contributed by atoms with Crippen LogP contribution in [0.25, 0.3) is 0 Å². The van der Waals surface area contributed by atoms with Gasteiger partial charge in [-0.3, -0.25) is 0 Å². The number of unbranched alkanes of at least 4 members (excludes halogenated alkanes) is 3. The van der Waals surface area contributed by atoms with Crippen LogP contribution in [0.4, 0.5) is 0 Å². The van der Waals surface area contributed by atoms with Crippen molar-refractivity contribution < 1.29 is 0 Å². The lowest BCUT2D eigenvalue weighted by molar-refractivity contribution is 0.160. The van der Waals surface area contributed by atoms with E-state index in [9.17, 15) is 0 Å². The van der Waals surface area contributed by atoms with E-state index < -0.39 is 0 Å². The first-order valence-electron chi connectivity index (χ1n) is 8.62. The average molecular weight is 273 g/mol.